The fourth-order valence-corrected chi connectivity index (χ4v) is 2.07. The standard InChI is InChI=1S/C16H28N4O8/c1-4-7(2)13(16(27)28)20-14(25)9(5-11(23)24)19-10(22)6-18-15(26)12(17)8(3)21/h7-9,12-13,21H,4-6,17H2,1-3H3,(H,18,26)(H,19,22)(H,20,25)(H,23,24)(H,27,28). The number of aliphatic hydroxyl groups excluding tert-OH is 1. The number of carbonyl (C=O) groups excluding carboxylic acids is 3. The molecule has 0 aliphatic rings. The van der Waals surface area contributed by atoms with Gasteiger partial charge in [-0.2, -0.15) is 0 Å². The third-order valence-electron chi connectivity index (χ3n) is 4.05. The van der Waals surface area contributed by atoms with Gasteiger partial charge in [-0.15, -0.1) is 0 Å². The molecule has 0 fully saturated rings. The summed E-state index contributed by atoms with van der Waals surface area (Å²) in [5.74, 6) is -5.78. The molecule has 0 saturated heterocycles. The molecule has 160 valence electrons. The zero-order valence-corrected chi connectivity index (χ0v) is 16.0. The van der Waals surface area contributed by atoms with Gasteiger partial charge in [-0.25, -0.2) is 4.79 Å². The van der Waals surface area contributed by atoms with E-state index in [4.69, 9.17) is 10.8 Å². The molecule has 0 radical (unpaired) electrons. The molecule has 28 heavy (non-hydrogen) atoms. The Balaban J connectivity index is 4.99. The summed E-state index contributed by atoms with van der Waals surface area (Å²) in [7, 11) is 0. The Bertz CT molecular complexity index is 595. The molecule has 0 saturated carbocycles. The maximum Gasteiger partial charge on any atom is 0.326 e. The molecule has 0 aliphatic heterocycles. The molecule has 0 bridgehead atoms. The highest BCUT2D eigenvalue weighted by atomic mass is 16.4. The average molecular weight is 404 g/mol. The highest BCUT2D eigenvalue weighted by molar-refractivity contribution is 5.94. The van der Waals surface area contributed by atoms with Crippen molar-refractivity contribution in [3.05, 3.63) is 0 Å². The van der Waals surface area contributed by atoms with Gasteiger partial charge in [-0.1, -0.05) is 20.3 Å². The van der Waals surface area contributed by atoms with E-state index in [1.165, 1.54) is 6.92 Å². The highest BCUT2D eigenvalue weighted by Crippen LogP contribution is 2.08. The van der Waals surface area contributed by atoms with E-state index in [1.807, 2.05) is 0 Å². The summed E-state index contributed by atoms with van der Waals surface area (Å²) >= 11 is 0. The number of aliphatic carboxylic acids is 2. The summed E-state index contributed by atoms with van der Waals surface area (Å²) in [6, 6.07) is -4.06. The summed E-state index contributed by atoms with van der Waals surface area (Å²) < 4.78 is 0. The predicted molar refractivity (Wildman–Crippen MR) is 95.9 cm³/mol. The molecule has 12 nitrogen and oxygen atoms in total. The Morgan fingerprint density at radius 1 is 1.00 bits per heavy atom. The predicted octanol–water partition coefficient (Wildman–Crippen LogP) is -2.61. The lowest BCUT2D eigenvalue weighted by molar-refractivity contribution is -0.144. The Morgan fingerprint density at radius 3 is 2.00 bits per heavy atom. The molecule has 0 aliphatic carbocycles. The maximum atomic E-state index is 12.3. The zero-order chi connectivity index (χ0) is 22.0. The van der Waals surface area contributed by atoms with Crippen molar-refractivity contribution in [3.63, 3.8) is 0 Å². The minimum atomic E-state index is -1.54. The first-order valence-corrected chi connectivity index (χ1v) is 8.66. The van der Waals surface area contributed by atoms with Crippen LogP contribution in [0.15, 0.2) is 0 Å². The molecule has 12 heteroatoms. The number of carboxylic acids is 2. The number of carbonyl (C=O) groups is 5. The Morgan fingerprint density at radius 2 is 1.57 bits per heavy atom. The fraction of sp³-hybridized carbons (Fsp3) is 0.688. The number of nitrogens with one attached hydrogen (secondary N) is 3. The monoisotopic (exact) mass is 404 g/mol. The highest BCUT2D eigenvalue weighted by Gasteiger charge is 2.31. The van der Waals surface area contributed by atoms with Crippen LogP contribution in [0.4, 0.5) is 0 Å². The number of hydrogen-bond donors (Lipinski definition) is 7. The van der Waals surface area contributed by atoms with Gasteiger partial charge in [0.25, 0.3) is 0 Å². The van der Waals surface area contributed by atoms with Crippen LogP contribution in [0, 0.1) is 5.92 Å². The molecular formula is C16H28N4O8. The van der Waals surface area contributed by atoms with E-state index in [1.54, 1.807) is 13.8 Å². The second-order valence-electron chi connectivity index (χ2n) is 6.41. The number of carboxylic acid groups (broad SMARTS) is 2. The third kappa shape index (κ3) is 8.77. The van der Waals surface area contributed by atoms with Gasteiger partial charge in [0.2, 0.25) is 17.7 Å². The smallest absolute Gasteiger partial charge is 0.326 e. The van der Waals surface area contributed by atoms with Crippen molar-refractivity contribution in [3.8, 4) is 0 Å². The lowest BCUT2D eigenvalue weighted by Crippen LogP contribution is -2.55. The number of hydrogen-bond acceptors (Lipinski definition) is 7. The molecule has 0 aromatic carbocycles. The first-order valence-electron chi connectivity index (χ1n) is 8.66. The lowest BCUT2D eigenvalue weighted by atomic mass is 9.98. The normalized spacial score (nSPS) is 16.0. The largest absolute Gasteiger partial charge is 0.481 e. The molecule has 0 aromatic rings. The fourth-order valence-electron chi connectivity index (χ4n) is 2.07. The first-order chi connectivity index (χ1) is 12.9. The van der Waals surface area contributed by atoms with Crippen LogP contribution in [0.1, 0.15) is 33.6 Å². The van der Waals surface area contributed by atoms with Crippen molar-refractivity contribution < 1.29 is 39.3 Å². The molecule has 5 unspecified atom stereocenters. The molecule has 8 N–H and O–H groups in total. The molecule has 0 aromatic heterocycles. The Labute approximate surface area is 161 Å². The maximum absolute atomic E-state index is 12.3. The van der Waals surface area contributed by atoms with Gasteiger partial charge in [0.1, 0.15) is 18.1 Å². The number of rotatable bonds is 12. The molecule has 0 rings (SSSR count). The topological polar surface area (TPSA) is 208 Å². The summed E-state index contributed by atoms with van der Waals surface area (Å²) in [5, 5.41) is 33.9. The minimum Gasteiger partial charge on any atom is -0.481 e. The minimum absolute atomic E-state index is 0.427. The van der Waals surface area contributed by atoms with Gasteiger partial charge in [-0.3, -0.25) is 19.2 Å². The Hall–Kier alpha value is -2.73. The van der Waals surface area contributed by atoms with Crippen LogP contribution in [-0.2, 0) is 24.0 Å². The molecule has 5 atom stereocenters. The second kappa shape index (κ2) is 11.9. The lowest BCUT2D eigenvalue weighted by Gasteiger charge is -2.23. The quantitative estimate of drug-likeness (QED) is 0.181. The second-order valence-corrected chi connectivity index (χ2v) is 6.41. The SMILES string of the molecule is CCC(C)C(NC(=O)C(CC(=O)O)NC(=O)CNC(=O)C(N)C(C)O)C(=O)O. The Kier molecular flexibility index (Phi) is 10.7. The summed E-state index contributed by atoms with van der Waals surface area (Å²) in [4.78, 5) is 58.1. The number of aliphatic hydroxyl groups is 1. The average Bonchev–Trinajstić information content (AvgIpc) is 2.61. The molecule has 3 amide bonds. The van der Waals surface area contributed by atoms with Crippen molar-refractivity contribution in [2.75, 3.05) is 6.54 Å². The van der Waals surface area contributed by atoms with Crippen LogP contribution in [0.5, 0.6) is 0 Å². The van der Waals surface area contributed by atoms with Gasteiger partial charge in [0.15, 0.2) is 0 Å². The van der Waals surface area contributed by atoms with Gasteiger partial charge in [0, 0.05) is 0 Å². The van der Waals surface area contributed by atoms with E-state index in [-0.39, 0.29) is 0 Å². The van der Waals surface area contributed by atoms with Crippen molar-refractivity contribution in [1.29, 1.82) is 0 Å². The van der Waals surface area contributed by atoms with Gasteiger partial charge >= 0.3 is 11.9 Å². The van der Waals surface area contributed by atoms with Crippen LogP contribution in [-0.4, -0.2) is 75.8 Å². The van der Waals surface area contributed by atoms with Crippen molar-refractivity contribution in [2.45, 2.75) is 57.8 Å². The third-order valence-corrected chi connectivity index (χ3v) is 4.05. The van der Waals surface area contributed by atoms with E-state index < -0.39 is 72.8 Å². The van der Waals surface area contributed by atoms with Crippen LogP contribution in [0.25, 0.3) is 0 Å². The van der Waals surface area contributed by atoms with Gasteiger partial charge in [-0.05, 0) is 12.8 Å². The van der Waals surface area contributed by atoms with Crippen LogP contribution in [0.2, 0.25) is 0 Å². The van der Waals surface area contributed by atoms with Crippen LogP contribution in [0.3, 0.4) is 0 Å². The van der Waals surface area contributed by atoms with E-state index in [9.17, 15) is 34.2 Å². The van der Waals surface area contributed by atoms with E-state index in [2.05, 4.69) is 16.0 Å². The number of amides is 3. The van der Waals surface area contributed by atoms with Gasteiger partial charge < -0.3 is 37.0 Å². The number of nitrogens with two attached hydrogens (primary N) is 1. The first kappa shape index (κ1) is 25.3. The van der Waals surface area contributed by atoms with E-state index >= 15 is 0 Å². The molecular weight excluding hydrogens is 376 g/mol. The van der Waals surface area contributed by atoms with Crippen molar-refractivity contribution in [2.24, 2.45) is 11.7 Å². The van der Waals surface area contributed by atoms with Crippen molar-refractivity contribution >= 4 is 29.7 Å². The summed E-state index contributed by atoms with van der Waals surface area (Å²) in [6.07, 6.45) is -1.49. The zero-order valence-electron chi connectivity index (χ0n) is 16.0. The van der Waals surface area contributed by atoms with E-state index in [0.717, 1.165) is 0 Å². The molecule has 0 heterocycles. The van der Waals surface area contributed by atoms with E-state index in [0.29, 0.717) is 6.42 Å². The van der Waals surface area contributed by atoms with Gasteiger partial charge in [0.05, 0.1) is 19.1 Å². The molecule has 0 spiro atoms. The van der Waals surface area contributed by atoms with Crippen molar-refractivity contribution in [1.82, 2.24) is 16.0 Å². The summed E-state index contributed by atoms with van der Waals surface area (Å²) in [6.45, 7) is 4.00. The van der Waals surface area contributed by atoms with Crippen LogP contribution >= 0.6 is 0 Å². The van der Waals surface area contributed by atoms with Crippen LogP contribution < -0.4 is 21.7 Å². The summed E-state index contributed by atoms with van der Waals surface area (Å²) in [5.41, 5.74) is 5.40.